The van der Waals surface area contributed by atoms with Crippen LogP contribution in [0.15, 0.2) is 46.4 Å². The molecule has 0 fully saturated rings. The fourth-order valence-electron chi connectivity index (χ4n) is 2.22. The topological polar surface area (TPSA) is 80.6 Å². The summed E-state index contributed by atoms with van der Waals surface area (Å²) in [6, 6.07) is 12.3. The zero-order chi connectivity index (χ0) is 19.1. The Labute approximate surface area is 160 Å². The highest BCUT2D eigenvalue weighted by Gasteiger charge is 2.14. The van der Waals surface area contributed by atoms with Crippen LogP contribution in [0.25, 0.3) is 6.08 Å². The number of anilines is 1. The van der Waals surface area contributed by atoms with Gasteiger partial charge in [0, 0.05) is 4.47 Å². The summed E-state index contributed by atoms with van der Waals surface area (Å²) in [5, 5.41) is 12.1. The van der Waals surface area contributed by atoms with Crippen LogP contribution in [-0.2, 0) is 4.79 Å². The molecule has 0 saturated carbocycles. The van der Waals surface area contributed by atoms with E-state index in [-0.39, 0.29) is 5.57 Å². The summed E-state index contributed by atoms with van der Waals surface area (Å²) in [5.41, 5.74) is 1.02. The molecule has 0 unspecified atom stereocenters. The monoisotopic (exact) mass is 416 g/mol. The van der Waals surface area contributed by atoms with Gasteiger partial charge in [0.05, 0.1) is 27.0 Å². The maximum atomic E-state index is 12.5. The second-order valence-electron chi connectivity index (χ2n) is 5.05. The number of hydrogen-bond donors (Lipinski definition) is 1. The third-order valence-electron chi connectivity index (χ3n) is 3.52. The minimum atomic E-state index is -0.543. The molecule has 6 nitrogen and oxygen atoms in total. The lowest BCUT2D eigenvalue weighted by atomic mass is 10.1. The molecule has 1 N–H and O–H groups in total. The number of amides is 1. The first-order valence-electron chi connectivity index (χ1n) is 7.51. The minimum Gasteiger partial charge on any atom is -0.495 e. The van der Waals surface area contributed by atoms with Gasteiger partial charge in [-0.05, 0) is 35.9 Å². The summed E-state index contributed by atoms with van der Waals surface area (Å²) in [6.07, 6.45) is 1.47. The Morgan fingerprint density at radius 1 is 1.08 bits per heavy atom. The fraction of sp³-hybridized carbons (Fsp3) is 0.158. The zero-order valence-electron chi connectivity index (χ0n) is 14.5. The molecule has 2 aromatic carbocycles. The van der Waals surface area contributed by atoms with E-state index in [1.807, 2.05) is 6.07 Å². The van der Waals surface area contributed by atoms with Crippen LogP contribution in [0.4, 0.5) is 5.69 Å². The maximum absolute atomic E-state index is 12.5. The summed E-state index contributed by atoms with van der Waals surface area (Å²) < 4.78 is 16.3. The Kier molecular flexibility index (Phi) is 6.64. The maximum Gasteiger partial charge on any atom is 0.266 e. The average Bonchev–Trinajstić information content (AvgIpc) is 2.66. The fourth-order valence-corrected chi connectivity index (χ4v) is 2.66. The van der Waals surface area contributed by atoms with E-state index in [1.54, 1.807) is 36.4 Å². The first kappa shape index (κ1) is 19.3. The van der Waals surface area contributed by atoms with E-state index in [0.29, 0.717) is 33.0 Å². The van der Waals surface area contributed by atoms with Crippen LogP contribution < -0.4 is 19.5 Å². The van der Waals surface area contributed by atoms with Gasteiger partial charge in [-0.3, -0.25) is 4.79 Å². The van der Waals surface area contributed by atoms with Gasteiger partial charge >= 0.3 is 0 Å². The van der Waals surface area contributed by atoms with E-state index in [1.165, 1.54) is 27.4 Å². The van der Waals surface area contributed by atoms with Gasteiger partial charge in [0.25, 0.3) is 5.91 Å². The standard InChI is InChI=1S/C19H17BrN2O4/c1-24-16-7-5-4-6-15(16)22-19(23)13(11-21)8-12-9-17(25-2)18(26-3)10-14(12)20/h4-10H,1-3H3,(H,22,23). The third kappa shape index (κ3) is 4.35. The van der Waals surface area contributed by atoms with E-state index >= 15 is 0 Å². The number of carbonyl (C=O) groups is 1. The number of nitriles is 1. The molecule has 1 amide bonds. The SMILES string of the molecule is COc1ccccc1NC(=O)C(C#N)=Cc1cc(OC)c(OC)cc1Br. The molecule has 0 heterocycles. The Hall–Kier alpha value is -2.98. The van der Waals surface area contributed by atoms with Gasteiger partial charge in [-0.1, -0.05) is 28.1 Å². The van der Waals surface area contributed by atoms with Crippen molar-refractivity contribution in [2.75, 3.05) is 26.6 Å². The molecule has 0 radical (unpaired) electrons. The van der Waals surface area contributed by atoms with Gasteiger partial charge in [0.1, 0.15) is 17.4 Å². The first-order valence-corrected chi connectivity index (χ1v) is 8.31. The highest BCUT2D eigenvalue weighted by Crippen LogP contribution is 2.34. The lowest BCUT2D eigenvalue weighted by Gasteiger charge is -2.11. The Balaban J connectivity index is 2.36. The Bertz CT molecular complexity index is 888. The van der Waals surface area contributed by atoms with Crippen molar-refractivity contribution in [1.82, 2.24) is 0 Å². The predicted molar refractivity (Wildman–Crippen MR) is 102 cm³/mol. The largest absolute Gasteiger partial charge is 0.495 e. The van der Waals surface area contributed by atoms with Crippen molar-refractivity contribution in [3.05, 3.63) is 52.0 Å². The van der Waals surface area contributed by atoms with Gasteiger partial charge in [-0.2, -0.15) is 5.26 Å². The summed E-state index contributed by atoms with van der Waals surface area (Å²) in [7, 11) is 4.55. The molecule has 0 aliphatic heterocycles. The van der Waals surface area contributed by atoms with Gasteiger partial charge in [0.2, 0.25) is 0 Å². The normalized spacial score (nSPS) is 10.7. The number of benzene rings is 2. The summed E-state index contributed by atoms with van der Waals surface area (Å²) in [6.45, 7) is 0. The number of nitrogens with zero attached hydrogens (tertiary/aromatic N) is 1. The minimum absolute atomic E-state index is 0.0659. The Morgan fingerprint density at radius 3 is 2.31 bits per heavy atom. The quantitative estimate of drug-likeness (QED) is 0.567. The third-order valence-corrected chi connectivity index (χ3v) is 4.21. The second kappa shape index (κ2) is 8.92. The van der Waals surface area contributed by atoms with Crippen molar-refractivity contribution in [3.8, 4) is 23.3 Å². The van der Waals surface area contributed by atoms with Gasteiger partial charge in [0.15, 0.2) is 11.5 Å². The van der Waals surface area contributed by atoms with Gasteiger partial charge < -0.3 is 19.5 Å². The van der Waals surface area contributed by atoms with Crippen LogP contribution >= 0.6 is 15.9 Å². The number of ether oxygens (including phenoxy) is 3. The molecule has 134 valence electrons. The second-order valence-corrected chi connectivity index (χ2v) is 5.91. The van der Waals surface area contributed by atoms with Crippen molar-refractivity contribution in [3.63, 3.8) is 0 Å². The molecular weight excluding hydrogens is 400 g/mol. The van der Waals surface area contributed by atoms with E-state index < -0.39 is 5.91 Å². The van der Waals surface area contributed by atoms with E-state index in [2.05, 4.69) is 21.2 Å². The van der Waals surface area contributed by atoms with E-state index in [9.17, 15) is 10.1 Å². The molecule has 0 spiro atoms. The van der Waals surface area contributed by atoms with Crippen molar-refractivity contribution in [2.45, 2.75) is 0 Å². The van der Waals surface area contributed by atoms with Crippen molar-refractivity contribution < 1.29 is 19.0 Å². The summed E-state index contributed by atoms with van der Waals surface area (Å²) in [5.74, 6) is 0.988. The zero-order valence-corrected chi connectivity index (χ0v) is 16.1. The molecular formula is C19H17BrN2O4. The van der Waals surface area contributed by atoms with Gasteiger partial charge in [-0.15, -0.1) is 0 Å². The Morgan fingerprint density at radius 2 is 1.69 bits per heavy atom. The van der Waals surface area contributed by atoms with Crippen LogP contribution in [0.3, 0.4) is 0 Å². The van der Waals surface area contributed by atoms with Crippen molar-refractivity contribution >= 4 is 33.6 Å². The number of rotatable bonds is 6. The summed E-state index contributed by atoms with van der Waals surface area (Å²) >= 11 is 3.41. The molecule has 0 saturated heterocycles. The molecule has 7 heteroatoms. The number of methoxy groups -OCH3 is 3. The molecule has 0 bridgehead atoms. The van der Waals surface area contributed by atoms with E-state index in [4.69, 9.17) is 14.2 Å². The molecule has 0 aliphatic carbocycles. The first-order chi connectivity index (χ1) is 12.5. The van der Waals surface area contributed by atoms with Crippen LogP contribution in [0.5, 0.6) is 17.2 Å². The average molecular weight is 417 g/mol. The van der Waals surface area contributed by atoms with Crippen LogP contribution in [-0.4, -0.2) is 27.2 Å². The molecule has 0 aliphatic rings. The lowest BCUT2D eigenvalue weighted by Crippen LogP contribution is -2.14. The molecule has 2 aromatic rings. The van der Waals surface area contributed by atoms with Crippen molar-refractivity contribution in [2.24, 2.45) is 0 Å². The van der Waals surface area contributed by atoms with E-state index in [0.717, 1.165) is 0 Å². The van der Waals surface area contributed by atoms with Crippen LogP contribution in [0, 0.1) is 11.3 Å². The van der Waals surface area contributed by atoms with Crippen molar-refractivity contribution in [1.29, 1.82) is 5.26 Å². The molecule has 0 aromatic heterocycles. The highest BCUT2D eigenvalue weighted by molar-refractivity contribution is 9.10. The molecule has 26 heavy (non-hydrogen) atoms. The molecule has 0 atom stereocenters. The smallest absolute Gasteiger partial charge is 0.266 e. The number of para-hydroxylation sites is 2. The number of carbonyl (C=O) groups excluding carboxylic acids is 1. The highest BCUT2D eigenvalue weighted by atomic mass is 79.9. The van der Waals surface area contributed by atoms with Crippen LogP contribution in [0.2, 0.25) is 0 Å². The molecule has 2 rings (SSSR count). The number of halogens is 1. The lowest BCUT2D eigenvalue weighted by molar-refractivity contribution is -0.112. The van der Waals surface area contributed by atoms with Gasteiger partial charge in [-0.25, -0.2) is 0 Å². The number of nitrogens with one attached hydrogen (secondary N) is 1. The summed E-state index contributed by atoms with van der Waals surface area (Å²) in [4.78, 5) is 12.5. The van der Waals surface area contributed by atoms with Crippen LogP contribution in [0.1, 0.15) is 5.56 Å². The predicted octanol–water partition coefficient (Wildman–Crippen LogP) is 4.02. The number of hydrogen-bond acceptors (Lipinski definition) is 5.